The highest BCUT2D eigenvalue weighted by atomic mass is 16.2. The van der Waals surface area contributed by atoms with Crippen molar-refractivity contribution in [1.29, 1.82) is 0 Å². The van der Waals surface area contributed by atoms with Crippen LogP contribution in [-0.4, -0.2) is 29.1 Å². The molecule has 1 aliphatic heterocycles. The van der Waals surface area contributed by atoms with Gasteiger partial charge in [0.25, 0.3) is 0 Å². The minimum absolute atomic E-state index is 0.0411. The Labute approximate surface area is 106 Å². The lowest BCUT2D eigenvalue weighted by molar-refractivity contribution is -0.132. The van der Waals surface area contributed by atoms with Gasteiger partial charge >= 0.3 is 0 Å². The van der Waals surface area contributed by atoms with E-state index >= 15 is 0 Å². The SMILES string of the molecule is CCC1NC(CC(C)C)N(C(CC)CC)C1=O. The fourth-order valence-corrected chi connectivity index (χ4v) is 2.75. The maximum absolute atomic E-state index is 12.4. The van der Waals surface area contributed by atoms with Crippen molar-refractivity contribution in [2.45, 2.75) is 78.6 Å². The average molecular weight is 240 g/mol. The fourth-order valence-electron chi connectivity index (χ4n) is 2.75. The smallest absolute Gasteiger partial charge is 0.241 e. The van der Waals surface area contributed by atoms with Crippen molar-refractivity contribution >= 4 is 5.91 Å². The van der Waals surface area contributed by atoms with E-state index in [1.165, 1.54) is 0 Å². The molecule has 0 aromatic rings. The second kappa shape index (κ2) is 6.39. The van der Waals surface area contributed by atoms with E-state index < -0.39 is 0 Å². The molecule has 0 aromatic heterocycles. The highest BCUT2D eigenvalue weighted by Gasteiger charge is 2.40. The summed E-state index contributed by atoms with van der Waals surface area (Å²) in [4.78, 5) is 14.5. The van der Waals surface area contributed by atoms with Crippen LogP contribution in [0.15, 0.2) is 0 Å². The Hall–Kier alpha value is -0.570. The maximum atomic E-state index is 12.4. The lowest BCUT2D eigenvalue weighted by atomic mass is 10.1. The lowest BCUT2D eigenvalue weighted by Crippen LogP contribution is -2.44. The van der Waals surface area contributed by atoms with Gasteiger partial charge in [-0.2, -0.15) is 0 Å². The number of nitrogens with zero attached hydrogens (tertiary/aromatic N) is 1. The van der Waals surface area contributed by atoms with E-state index in [1.807, 2.05) is 0 Å². The number of amides is 1. The van der Waals surface area contributed by atoms with Crippen molar-refractivity contribution in [2.24, 2.45) is 5.92 Å². The van der Waals surface area contributed by atoms with E-state index in [-0.39, 0.29) is 12.2 Å². The summed E-state index contributed by atoms with van der Waals surface area (Å²) in [6.07, 6.45) is 4.30. The number of rotatable bonds is 6. The minimum Gasteiger partial charge on any atom is -0.323 e. The van der Waals surface area contributed by atoms with E-state index in [0.29, 0.717) is 17.9 Å². The van der Waals surface area contributed by atoms with Crippen molar-refractivity contribution in [2.75, 3.05) is 0 Å². The van der Waals surface area contributed by atoms with Crippen LogP contribution in [-0.2, 0) is 4.79 Å². The van der Waals surface area contributed by atoms with Crippen LogP contribution in [0.2, 0.25) is 0 Å². The molecule has 1 N–H and O–H groups in total. The first-order valence-corrected chi connectivity index (χ1v) is 7.13. The molecule has 0 aromatic carbocycles. The summed E-state index contributed by atoms with van der Waals surface area (Å²) in [5.74, 6) is 0.930. The van der Waals surface area contributed by atoms with Gasteiger partial charge in [-0.25, -0.2) is 0 Å². The van der Waals surface area contributed by atoms with Crippen LogP contribution < -0.4 is 5.32 Å². The third-order valence-electron chi connectivity index (χ3n) is 3.72. The first-order chi connectivity index (χ1) is 8.04. The van der Waals surface area contributed by atoms with E-state index in [4.69, 9.17) is 0 Å². The van der Waals surface area contributed by atoms with Gasteiger partial charge in [-0.3, -0.25) is 10.1 Å². The summed E-state index contributed by atoms with van der Waals surface area (Å²) < 4.78 is 0. The molecule has 0 saturated carbocycles. The summed E-state index contributed by atoms with van der Waals surface area (Å²) in [6.45, 7) is 10.9. The van der Waals surface area contributed by atoms with E-state index in [9.17, 15) is 4.79 Å². The first kappa shape index (κ1) is 14.5. The number of carbonyl (C=O) groups excluding carboxylic acids is 1. The number of carbonyl (C=O) groups is 1. The molecule has 0 bridgehead atoms. The monoisotopic (exact) mass is 240 g/mol. The molecule has 0 aliphatic carbocycles. The van der Waals surface area contributed by atoms with Gasteiger partial charge < -0.3 is 4.90 Å². The molecule has 1 heterocycles. The van der Waals surface area contributed by atoms with E-state index in [0.717, 1.165) is 25.7 Å². The van der Waals surface area contributed by atoms with Crippen molar-refractivity contribution in [1.82, 2.24) is 10.2 Å². The van der Waals surface area contributed by atoms with E-state index in [2.05, 4.69) is 44.8 Å². The normalized spacial score (nSPS) is 25.4. The molecule has 1 saturated heterocycles. The van der Waals surface area contributed by atoms with Gasteiger partial charge in [0.05, 0.1) is 12.2 Å². The first-order valence-electron chi connectivity index (χ1n) is 7.13. The van der Waals surface area contributed by atoms with Crippen LogP contribution in [0.4, 0.5) is 0 Å². The highest BCUT2D eigenvalue weighted by molar-refractivity contribution is 5.84. The molecular weight excluding hydrogens is 212 g/mol. The summed E-state index contributed by atoms with van der Waals surface area (Å²) in [5.41, 5.74) is 0. The average Bonchev–Trinajstić information content (AvgIpc) is 2.58. The maximum Gasteiger partial charge on any atom is 0.241 e. The highest BCUT2D eigenvalue weighted by Crippen LogP contribution is 2.24. The van der Waals surface area contributed by atoms with Crippen LogP contribution in [0.25, 0.3) is 0 Å². The zero-order chi connectivity index (χ0) is 13.0. The van der Waals surface area contributed by atoms with Crippen LogP contribution in [0.1, 0.15) is 60.3 Å². The number of hydrogen-bond donors (Lipinski definition) is 1. The predicted octanol–water partition coefficient (Wildman–Crippen LogP) is 2.76. The van der Waals surface area contributed by atoms with Gasteiger partial charge in [0.15, 0.2) is 0 Å². The van der Waals surface area contributed by atoms with Crippen LogP contribution in [0.5, 0.6) is 0 Å². The molecule has 0 spiro atoms. The van der Waals surface area contributed by atoms with Gasteiger partial charge in [-0.1, -0.05) is 34.6 Å². The summed E-state index contributed by atoms with van der Waals surface area (Å²) in [5, 5.41) is 3.50. The van der Waals surface area contributed by atoms with Crippen LogP contribution in [0.3, 0.4) is 0 Å². The molecule has 1 amide bonds. The Balaban J connectivity index is 2.82. The summed E-state index contributed by atoms with van der Waals surface area (Å²) in [6, 6.07) is 0.439. The van der Waals surface area contributed by atoms with Crippen LogP contribution >= 0.6 is 0 Å². The van der Waals surface area contributed by atoms with Crippen molar-refractivity contribution < 1.29 is 4.79 Å². The van der Waals surface area contributed by atoms with Gasteiger partial charge in [0, 0.05) is 6.04 Å². The predicted molar refractivity (Wildman–Crippen MR) is 71.7 cm³/mol. The van der Waals surface area contributed by atoms with Crippen molar-refractivity contribution in [3.8, 4) is 0 Å². The molecular formula is C14H28N2O. The van der Waals surface area contributed by atoms with Gasteiger partial charge in [0.2, 0.25) is 5.91 Å². The Bertz CT molecular complexity index is 249. The largest absolute Gasteiger partial charge is 0.323 e. The zero-order valence-corrected chi connectivity index (χ0v) is 12.0. The topological polar surface area (TPSA) is 32.3 Å². The molecule has 3 heteroatoms. The number of hydrogen-bond acceptors (Lipinski definition) is 2. The quantitative estimate of drug-likeness (QED) is 0.774. The Morgan fingerprint density at radius 3 is 2.24 bits per heavy atom. The number of nitrogens with one attached hydrogen (secondary N) is 1. The minimum atomic E-state index is 0.0411. The molecule has 1 rings (SSSR count). The molecule has 3 nitrogen and oxygen atoms in total. The van der Waals surface area contributed by atoms with Gasteiger partial charge in [-0.15, -0.1) is 0 Å². The summed E-state index contributed by atoms with van der Waals surface area (Å²) >= 11 is 0. The fraction of sp³-hybridized carbons (Fsp3) is 0.929. The Kier molecular flexibility index (Phi) is 5.44. The van der Waals surface area contributed by atoms with Crippen molar-refractivity contribution in [3.63, 3.8) is 0 Å². The second-order valence-corrected chi connectivity index (χ2v) is 5.49. The molecule has 0 radical (unpaired) electrons. The molecule has 2 atom stereocenters. The Morgan fingerprint density at radius 2 is 1.82 bits per heavy atom. The molecule has 1 fully saturated rings. The zero-order valence-electron chi connectivity index (χ0n) is 12.0. The van der Waals surface area contributed by atoms with Gasteiger partial charge in [0.1, 0.15) is 0 Å². The van der Waals surface area contributed by atoms with E-state index in [1.54, 1.807) is 0 Å². The summed E-state index contributed by atoms with van der Waals surface area (Å²) in [7, 11) is 0. The molecule has 1 aliphatic rings. The van der Waals surface area contributed by atoms with Gasteiger partial charge in [-0.05, 0) is 31.6 Å². The second-order valence-electron chi connectivity index (χ2n) is 5.49. The van der Waals surface area contributed by atoms with Crippen molar-refractivity contribution in [3.05, 3.63) is 0 Å². The molecule has 2 unspecified atom stereocenters. The van der Waals surface area contributed by atoms with Crippen LogP contribution in [0, 0.1) is 5.92 Å². The lowest BCUT2D eigenvalue weighted by Gasteiger charge is -2.32. The molecule has 100 valence electrons. The standard InChI is InChI=1S/C14H28N2O/c1-6-11(7-2)16-13(9-10(4)5)15-12(8-3)14(16)17/h10-13,15H,6-9H2,1-5H3. The third-order valence-corrected chi connectivity index (χ3v) is 3.72. The molecule has 17 heavy (non-hydrogen) atoms. The Morgan fingerprint density at radius 1 is 1.24 bits per heavy atom. The third kappa shape index (κ3) is 3.21.